The van der Waals surface area contributed by atoms with Gasteiger partial charge in [-0.3, -0.25) is 0 Å². The molecule has 1 aliphatic carbocycles. The minimum absolute atomic E-state index is 0.0488. The summed E-state index contributed by atoms with van der Waals surface area (Å²) in [7, 11) is -1.63. The monoisotopic (exact) mass is 317 g/mol. The molecule has 0 amide bonds. The van der Waals surface area contributed by atoms with Gasteiger partial charge in [-0.1, -0.05) is 6.42 Å². The molecular weight excluding hydrogens is 294 g/mol. The van der Waals surface area contributed by atoms with E-state index in [1.165, 1.54) is 6.42 Å². The Morgan fingerprint density at radius 3 is 2.85 bits per heavy atom. The SMILES string of the molecule is CSC1CCCC(NS(=O)(=O)c2cc(CN)n(C)c2)C1. The van der Waals surface area contributed by atoms with E-state index in [2.05, 4.69) is 11.0 Å². The Kier molecular flexibility index (Phi) is 5.17. The van der Waals surface area contributed by atoms with Crippen molar-refractivity contribution in [3.63, 3.8) is 0 Å². The van der Waals surface area contributed by atoms with Gasteiger partial charge in [0.15, 0.2) is 0 Å². The van der Waals surface area contributed by atoms with Gasteiger partial charge in [0, 0.05) is 36.8 Å². The predicted molar refractivity (Wildman–Crippen MR) is 83.2 cm³/mol. The Bertz CT molecular complexity index is 554. The molecule has 20 heavy (non-hydrogen) atoms. The summed E-state index contributed by atoms with van der Waals surface area (Å²) in [4.78, 5) is 0.312. The second-order valence-electron chi connectivity index (χ2n) is 5.32. The predicted octanol–water partition coefficient (Wildman–Crippen LogP) is 1.44. The van der Waals surface area contributed by atoms with Crippen molar-refractivity contribution in [3.05, 3.63) is 18.0 Å². The Morgan fingerprint density at radius 1 is 1.50 bits per heavy atom. The highest BCUT2D eigenvalue weighted by molar-refractivity contribution is 7.99. The number of aromatic nitrogens is 1. The average Bonchev–Trinajstić information content (AvgIpc) is 2.80. The highest BCUT2D eigenvalue weighted by Crippen LogP contribution is 2.28. The van der Waals surface area contributed by atoms with Crippen molar-refractivity contribution in [1.82, 2.24) is 9.29 Å². The van der Waals surface area contributed by atoms with E-state index < -0.39 is 10.0 Å². The van der Waals surface area contributed by atoms with Crippen LogP contribution in [0.2, 0.25) is 0 Å². The highest BCUT2D eigenvalue weighted by Gasteiger charge is 2.26. The van der Waals surface area contributed by atoms with Crippen LogP contribution in [-0.2, 0) is 23.6 Å². The maximum absolute atomic E-state index is 12.4. The number of hydrogen-bond acceptors (Lipinski definition) is 4. The van der Waals surface area contributed by atoms with E-state index >= 15 is 0 Å². The van der Waals surface area contributed by atoms with Gasteiger partial charge in [-0.05, 0) is 31.6 Å². The van der Waals surface area contributed by atoms with Gasteiger partial charge in [0.2, 0.25) is 10.0 Å². The molecule has 0 saturated heterocycles. The van der Waals surface area contributed by atoms with Gasteiger partial charge in [0.05, 0.1) is 4.90 Å². The fourth-order valence-corrected chi connectivity index (χ4v) is 4.88. The molecule has 2 atom stereocenters. The van der Waals surface area contributed by atoms with Gasteiger partial charge in [0.1, 0.15) is 0 Å². The van der Waals surface area contributed by atoms with Crippen LogP contribution in [0.1, 0.15) is 31.4 Å². The average molecular weight is 317 g/mol. The summed E-state index contributed by atoms with van der Waals surface area (Å²) >= 11 is 1.83. The molecule has 0 spiro atoms. The molecule has 1 saturated carbocycles. The summed E-state index contributed by atoms with van der Waals surface area (Å²) in [5, 5.41) is 0.562. The number of nitrogens with one attached hydrogen (secondary N) is 1. The molecule has 0 aliphatic heterocycles. The quantitative estimate of drug-likeness (QED) is 0.861. The lowest BCUT2D eigenvalue weighted by Crippen LogP contribution is -2.38. The van der Waals surface area contributed by atoms with E-state index in [4.69, 9.17) is 5.73 Å². The Labute approximate surface area is 125 Å². The summed E-state index contributed by atoms with van der Waals surface area (Å²) in [6.45, 7) is 0.337. The lowest BCUT2D eigenvalue weighted by Gasteiger charge is -2.28. The van der Waals surface area contributed by atoms with E-state index in [0.29, 0.717) is 16.7 Å². The molecule has 0 bridgehead atoms. The first-order chi connectivity index (χ1) is 9.46. The van der Waals surface area contributed by atoms with Crippen LogP contribution >= 0.6 is 11.8 Å². The smallest absolute Gasteiger partial charge is 0.242 e. The lowest BCUT2D eigenvalue weighted by atomic mass is 9.96. The zero-order valence-corrected chi connectivity index (χ0v) is 13.6. The van der Waals surface area contributed by atoms with Gasteiger partial charge in [-0.25, -0.2) is 13.1 Å². The first kappa shape index (κ1) is 15.9. The second-order valence-corrected chi connectivity index (χ2v) is 8.18. The first-order valence-corrected chi connectivity index (χ1v) is 9.64. The van der Waals surface area contributed by atoms with Crippen molar-refractivity contribution in [3.8, 4) is 0 Å². The van der Waals surface area contributed by atoms with Crippen LogP contribution in [0.3, 0.4) is 0 Å². The summed E-state index contributed by atoms with van der Waals surface area (Å²) in [6, 6.07) is 1.70. The number of aryl methyl sites for hydroxylation is 1. The van der Waals surface area contributed by atoms with Crippen LogP contribution in [0.5, 0.6) is 0 Å². The van der Waals surface area contributed by atoms with E-state index in [1.807, 2.05) is 18.8 Å². The number of nitrogens with two attached hydrogens (primary N) is 1. The molecule has 114 valence electrons. The Balaban J connectivity index is 2.10. The van der Waals surface area contributed by atoms with Gasteiger partial charge >= 0.3 is 0 Å². The number of hydrogen-bond donors (Lipinski definition) is 2. The minimum Gasteiger partial charge on any atom is -0.352 e. The summed E-state index contributed by atoms with van der Waals surface area (Å²) < 4.78 is 29.4. The van der Waals surface area contributed by atoms with Crippen molar-refractivity contribution in [2.75, 3.05) is 6.26 Å². The van der Waals surface area contributed by atoms with Crippen molar-refractivity contribution in [2.24, 2.45) is 12.8 Å². The number of thioether (sulfide) groups is 1. The van der Waals surface area contributed by atoms with E-state index in [0.717, 1.165) is 25.0 Å². The third-order valence-electron chi connectivity index (χ3n) is 3.88. The topological polar surface area (TPSA) is 77.1 Å². The molecule has 1 aromatic heterocycles. The zero-order valence-electron chi connectivity index (χ0n) is 12.0. The minimum atomic E-state index is -3.44. The number of sulfonamides is 1. The maximum atomic E-state index is 12.4. The summed E-state index contributed by atoms with van der Waals surface area (Å²) in [5.74, 6) is 0. The maximum Gasteiger partial charge on any atom is 0.242 e. The van der Waals surface area contributed by atoms with Crippen LogP contribution in [0.15, 0.2) is 17.2 Å². The van der Waals surface area contributed by atoms with Gasteiger partial charge in [-0.15, -0.1) is 0 Å². The Hall–Kier alpha value is -0.500. The largest absolute Gasteiger partial charge is 0.352 e. The molecule has 2 rings (SSSR count). The third kappa shape index (κ3) is 3.58. The van der Waals surface area contributed by atoms with E-state index in [9.17, 15) is 8.42 Å². The van der Waals surface area contributed by atoms with Crippen molar-refractivity contribution >= 4 is 21.8 Å². The van der Waals surface area contributed by atoms with Gasteiger partial charge in [-0.2, -0.15) is 11.8 Å². The third-order valence-corrected chi connectivity index (χ3v) is 6.47. The molecule has 5 nitrogen and oxygen atoms in total. The molecule has 1 aromatic rings. The molecule has 0 aromatic carbocycles. The van der Waals surface area contributed by atoms with Crippen LogP contribution < -0.4 is 10.5 Å². The Morgan fingerprint density at radius 2 is 2.25 bits per heavy atom. The molecule has 0 radical (unpaired) electrons. The van der Waals surface area contributed by atoms with E-state index in [1.54, 1.807) is 16.8 Å². The summed E-state index contributed by atoms with van der Waals surface area (Å²) in [6.07, 6.45) is 7.82. The van der Waals surface area contributed by atoms with E-state index in [-0.39, 0.29) is 6.04 Å². The van der Waals surface area contributed by atoms with Crippen molar-refractivity contribution in [2.45, 2.75) is 48.4 Å². The number of rotatable bonds is 5. The molecule has 7 heteroatoms. The van der Waals surface area contributed by atoms with Crippen LogP contribution in [-0.4, -0.2) is 30.5 Å². The molecule has 1 heterocycles. The molecule has 1 aliphatic rings. The first-order valence-electron chi connectivity index (χ1n) is 6.86. The van der Waals surface area contributed by atoms with Gasteiger partial charge < -0.3 is 10.3 Å². The van der Waals surface area contributed by atoms with Gasteiger partial charge in [0.25, 0.3) is 0 Å². The molecule has 3 N–H and O–H groups in total. The van der Waals surface area contributed by atoms with Crippen molar-refractivity contribution < 1.29 is 8.42 Å². The standard InChI is InChI=1S/C13H23N3O2S2/c1-16-9-13(7-11(16)8-14)20(17,18)15-10-4-3-5-12(6-10)19-2/h7,9-10,12,15H,3-6,8,14H2,1-2H3. The highest BCUT2D eigenvalue weighted by atomic mass is 32.2. The molecule has 1 fully saturated rings. The van der Waals surface area contributed by atoms with Crippen LogP contribution in [0.25, 0.3) is 0 Å². The fraction of sp³-hybridized carbons (Fsp3) is 0.692. The zero-order chi connectivity index (χ0) is 14.8. The van der Waals surface area contributed by atoms with Crippen LogP contribution in [0, 0.1) is 0 Å². The number of nitrogens with zero attached hydrogens (tertiary/aromatic N) is 1. The summed E-state index contributed by atoms with van der Waals surface area (Å²) in [5.41, 5.74) is 6.40. The lowest BCUT2D eigenvalue weighted by molar-refractivity contribution is 0.421. The molecule has 2 unspecified atom stereocenters. The fourth-order valence-electron chi connectivity index (χ4n) is 2.68. The normalized spacial score (nSPS) is 23.9. The van der Waals surface area contributed by atoms with Crippen molar-refractivity contribution in [1.29, 1.82) is 0 Å². The second kappa shape index (κ2) is 6.51. The molecular formula is C13H23N3O2S2. The van der Waals surface area contributed by atoms with Crippen LogP contribution in [0.4, 0.5) is 0 Å².